The quantitative estimate of drug-likeness (QED) is 0.697. The van der Waals surface area contributed by atoms with E-state index >= 15 is 0 Å². The monoisotopic (exact) mass is 357 g/mol. The molecule has 0 saturated carbocycles. The Bertz CT molecular complexity index is 980. The maximum Gasteiger partial charge on any atom is 0.156 e. The van der Waals surface area contributed by atoms with E-state index in [0.29, 0.717) is 0 Å². The highest BCUT2D eigenvalue weighted by Gasteiger charge is 2.43. The molecule has 0 N–H and O–H groups in total. The lowest BCUT2D eigenvalue weighted by Crippen LogP contribution is -2.47. The van der Waals surface area contributed by atoms with Crippen molar-refractivity contribution < 1.29 is 4.84 Å². The molecule has 0 aliphatic carbocycles. The van der Waals surface area contributed by atoms with Crippen molar-refractivity contribution in [3.05, 3.63) is 78.1 Å². The lowest BCUT2D eigenvalue weighted by atomic mass is 9.87. The van der Waals surface area contributed by atoms with E-state index in [1.54, 1.807) is 0 Å². The standard InChI is InChI=1S/C23H23N3O/c1-2-10-20-18(7-1)8-5-9-19(20)16-26-14-6-12-23(17-26)15-22(25-27-23)21-11-3-4-13-24-21/h1-5,7-11,13H,6,12,14-17H2. The minimum Gasteiger partial charge on any atom is -0.387 e. The minimum absolute atomic E-state index is 0.199. The Hall–Kier alpha value is -2.72. The molecule has 0 amide bonds. The van der Waals surface area contributed by atoms with Crippen LogP contribution in [0.25, 0.3) is 10.8 Å². The van der Waals surface area contributed by atoms with Crippen LogP contribution in [-0.4, -0.2) is 34.3 Å². The fraction of sp³-hybridized carbons (Fsp3) is 0.304. The first-order valence-corrected chi connectivity index (χ1v) is 9.67. The van der Waals surface area contributed by atoms with Crippen LogP contribution in [0.15, 0.2) is 72.0 Å². The van der Waals surface area contributed by atoms with Crippen molar-refractivity contribution in [1.29, 1.82) is 0 Å². The predicted octanol–water partition coefficient (Wildman–Crippen LogP) is 4.39. The van der Waals surface area contributed by atoms with Crippen molar-refractivity contribution >= 4 is 16.5 Å². The molecule has 0 radical (unpaired) electrons. The second kappa shape index (κ2) is 6.78. The van der Waals surface area contributed by atoms with Crippen LogP contribution >= 0.6 is 0 Å². The highest BCUT2D eigenvalue weighted by Crippen LogP contribution is 2.35. The van der Waals surface area contributed by atoms with Gasteiger partial charge in [-0.1, -0.05) is 53.7 Å². The molecular weight excluding hydrogens is 334 g/mol. The summed E-state index contributed by atoms with van der Waals surface area (Å²) >= 11 is 0. The summed E-state index contributed by atoms with van der Waals surface area (Å²) in [6.45, 7) is 2.97. The van der Waals surface area contributed by atoms with Crippen molar-refractivity contribution in [3.63, 3.8) is 0 Å². The largest absolute Gasteiger partial charge is 0.387 e. The molecule has 2 aliphatic rings. The van der Waals surface area contributed by atoms with E-state index < -0.39 is 0 Å². The zero-order valence-corrected chi connectivity index (χ0v) is 15.3. The van der Waals surface area contributed by atoms with E-state index in [2.05, 4.69) is 57.5 Å². The van der Waals surface area contributed by atoms with Crippen LogP contribution in [0.3, 0.4) is 0 Å². The smallest absolute Gasteiger partial charge is 0.156 e. The summed E-state index contributed by atoms with van der Waals surface area (Å²) in [5.41, 5.74) is 3.09. The van der Waals surface area contributed by atoms with Gasteiger partial charge in [0.05, 0.1) is 5.69 Å². The summed E-state index contributed by atoms with van der Waals surface area (Å²) in [6.07, 6.45) is 4.85. The van der Waals surface area contributed by atoms with E-state index in [0.717, 1.165) is 50.3 Å². The molecule has 3 aromatic rings. The number of fused-ring (bicyclic) bond motifs is 1. The summed E-state index contributed by atoms with van der Waals surface area (Å²) < 4.78 is 0. The van der Waals surface area contributed by atoms with Crippen molar-refractivity contribution in [3.8, 4) is 0 Å². The highest BCUT2D eigenvalue weighted by molar-refractivity contribution is 6.00. The molecular formula is C23H23N3O. The molecule has 27 heavy (non-hydrogen) atoms. The SMILES string of the molecule is c1ccc(C2=NOC3(CCCN(Cc4cccc5ccccc45)C3)C2)nc1. The predicted molar refractivity (Wildman–Crippen MR) is 108 cm³/mol. The van der Waals surface area contributed by atoms with Gasteiger partial charge in [0, 0.05) is 25.7 Å². The molecule has 1 aromatic heterocycles. The number of piperidine rings is 1. The molecule has 4 nitrogen and oxygen atoms in total. The van der Waals surface area contributed by atoms with Crippen LogP contribution in [0.2, 0.25) is 0 Å². The molecule has 3 heterocycles. The maximum absolute atomic E-state index is 6.01. The van der Waals surface area contributed by atoms with Crippen molar-refractivity contribution in [2.75, 3.05) is 13.1 Å². The van der Waals surface area contributed by atoms with Gasteiger partial charge in [-0.05, 0) is 47.9 Å². The first-order valence-electron chi connectivity index (χ1n) is 9.67. The molecule has 1 atom stereocenters. The van der Waals surface area contributed by atoms with Crippen LogP contribution < -0.4 is 0 Å². The third-order valence-electron chi connectivity index (χ3n) is 5.69. The molecule has 5 rings (SSSR count). The molecule has 136 valence electrons. The first-order chi connectivity index (χ1) is 13.3. The number of pyridine rings is 1. The third-order valence-corrected chi connectivity index (χ3v) is 5.69. The van der Waals surface area contributed by atoms with Gasteiger partial charge in [0.15, 0.2) is 5.60 Å². The summed E-state index contributed by atoms with van der Waals surface area (Å²) in [5, 5.41) is 7.05. The van der Waals surface area contributed by atoms with Gasteiger partial charge in [0.2, 0.25) is 0 Å². The van der Waals surface area contributed by atoms with E-state index in [4.69, 9.17) is 4.84 Å². The van der Waals surface area contributed by atoms with E-state index in [-0.39, 0.29) is 5.60 Å². The van der Waals surface area contributed by atoms with Gasteiger partial charge in [-0.25, -0.2) is 0 Å². The molecule has 2 aliphatic heterocycles. The number of hydrogen-bond donors (Lipinski definition) is 0. The van der Waals surface area contributed by atoms with Gasteiger partial charge in [0.1, 0.15) is 5.71 Å². The second-order valence-electron chi connectivity index (χ2n) is 7.66. The molecule has 1 saturated heterocycles. The summed E-state index contributed by atoms with van der Waals surface area (Å²) in [5.74, 6) is 0. The molecule has 1 unspecified atom stereocenters. The number of likely N-dealkylation sites (tertiary alicyclic amines) is 1. The van der Waals surface area contributed by atoms with Crippen LogP contribution in [-0.2, 0) is 11.4 Å². The van der Waals surface area contributed by atoms with Gasteiger partial charge >= 0.3 is 0 Å². The first kappa shape index (κ1) is 16.5. The molecule has 0 bridgehead atoms. The van der Waals surface area contributed by atoms with Crippen LogP contribution in [0.4, 0.5) is 0 Å². The Balaban J connectivity index is 1.33. The lowest BCUT2D eigenvalue weighted by Gasteiger charge is -2.38. The fourth-order valence-electron chi connectivity index (χ4n) is 4.41. The zero-order chi connectivity index (χ0) is 18.1. The number of benzene rings is 2. The fourth-order valence-corrected chi connectivity index (χ4v) is 4.41. The molecule has 1 fully saturated rings. The van der Waals surface area contributed by atoms with Crippen molar-refractivity contribution in [1.82, 2.24) is 9.88 Å². The Morgan fingerprint density at radius 3 is 2.81 bits per heavy atom. The number of rotatable bonds is 3. The van der Waals surface area contributed by atoms with Gasteiger partial charge in [-0.15, -0.1) is 0 Å². The van der Waals surface area contributed by atoms with Gasteiger partial charge in [-0.3, -0.25) is 9.88 Å². The van der Waals surface area contributed by atoms with E-state index in [9.17, 15) is 0 Å². The number of hydrogen-bond acceptors (Lipinski definition) is 4. The average Bonchev–Trinajstić information content (AvgIpc) is 3.12. The zero-order valence-electron chi connectivity index (χ0n) is 15.3. The van der Waals surface area contributed by atoms with Crippen molar-refractivity contribution in [2.24, 2.45) is 5.16 Å². The highest BCUT2D eigenvalue weighted by atomic mass is 16.7. The number of nitrogens with zero attached hydrogens (tertiary/aromatic N) is 3. The van der Waals surface area contributed by atoms with Gasteiger partial charge < -0.3 is 4.84 Å². The van der Waals surface area contributed by atoms with Crippen LogP contribution in [0, 0.1) is 0 Å². The van der Waals surface area contributed by atoms with Crippen LogP contribution in [0.1, 0.15) is 30.5 Å². The summed E-state index contributed by atoms with van der Waals surface area (Å²) in [4.78, 5) is 13.0. The number of aromatic nitrogens is 1. The second-order valence-corrected chi connectivity index (χ2v) is 7.66. The third kappa shape index (κ3) is 3.21. The Labute approximate surface area is 159 Å². The molecule has 2 aromatic carbocycles. The summed E-state index contributed by atoms with van der Waals surface area (Å²) in [7, 11) is 0. The van der Waals surface area contributed by atoms with Crippen LogP contribution in [0.5, 0.6) is 0 Å². The maximum atomic E-state index is 6.01. The lowest BCUT2D eigenvalue weighted by molar-refractivity contribution is -0.0703. The molecule has 4 heteroatoms. The van der Waals surface area contributed by atoms with Crippen molar-refractivity contribution in [2.45, 2.75) is 31.4 Å². The number of oxime groups is 1. The van der Waals surface area contributed by atoms with E-state index in [1.165, 1.54) is 16.3 Å². The Kier molecular flexibility index (Phi) is 4.13. The minimum atomic E-state index is -0.199. The topological polar surface area (TPSA) is 37.7 Å². The van der Waals surface area contributed by atoms with Gasteiger partial charge in [0.25, 0.3) is 0 Å². The Morgan fingerprint density at radius 1 is 1.00 bits per heavy atom. The average molecular weight is 357 g/mol. The van der Waals surface area contributed by atoms with E-state index in [1.807, 2.05) is 24.4 Å². The Morgan fingerprint density at radius 2 is 1.89 bits per heavy atom. The summed E-state index contributed by atoms with van der Waals surface area (Å²) in [6, 6.07) is 21.2. The normalized spacial score (nSPS) is 22.7. The molecule has 1 spiro atoms. The van der Waals surface area contributed by atoms with Gasteiger partial charge in [-0.2, -0.15) is 0 Å².